The van der Waals surface area contributed by atoms with Crippen molar-refractivity contribution in [3.63, 3.8) is 0 Å². The van der Waals surface area contributed by atoms with Gasteiger partial charge < -0.3 is 5.32 Å². The van der Waals surface area contributed by atoms with Crippen molar-refractivity contribution in [1.82, 2.24) is 9.71 Å². The molecule has 7 heteroatoms. The van der Waals surface area contributed by atoms with Crippen molar-refractivity contribution in [2.24, 2.45) is 0 Å². The van der Waals surface area contributed by atoms with Crippen molar-refractivity contribution in [2.75, 3.05) is 5.32 Å². The molecule has 0 atom stereocenters. The number of para-hydroxylation sites is 1. The molecule has 0 bridgehead atoms. The Morgan fingerprint density at radius 1 is 1.04 bits per heavy atom. The lowest BCUT2D eigenvalue weighted by molar-refractivity contribution is 0.102. The molecule has 25 heavy (non-hydrogen) atoms. The summed E-state index contributed by atoms with van der Waals surface area (Å²) in [5.74, 6) is -0.372. The van der Waals surface area contributed by atoms with Crippen LogP contribution < -0.4 is 10.0 Å². The van der Waals surface area contributed by atoms with Gasteiger partial charge in [0.15, 0.2) is 5.03 Å². The molecule has 1 heterocycles. The number of carbonyl (C=O) groups excluding carboxylic acids is 1. The average molecular weight is 359 g/mol. The van der Waals surface area contributed by atoms with Crippen LogP contribution in [0.25, 0.3) is 0 Å². The Balaban J connectivity index is 1.75. The molecule has 0 spiro atoms. The van der Waals surface area contributed by atoms with Gasteiger partial charge in [0.2, 0.25) is 0 Å². The number of sulfonamides is 1. The monoisotopic (exact) mass is 359 g/mol. The van der Waals surface area contributed by atoms with Crippen molar-refractivity contribution in [2.45, 2.75) is 43.2 Å². The van der Waals surface area contributed by atoms with E-state index in [1.165, 1.54) is 18.3 Å². The maximum absolute atomic E-state index is 12.5. The maximum Gasteiger partial charge on any atom is 0.258 e. The molecule has 1 aliphatic carbocycles. The predicted octanol–water partition coefficient (Wildman–Crippen LogP) is 2.94. The van der Waals surface area contributed by atoms with Gasteiger partial charge in [0.05, 0.1) is 0 Å². The fourth-order valence-corrected chi connectivity index (χ4v) is 4.20. The third-order valence-electron chi connectivity index (χ3n) is 4.23. The van der Waals surface area contributed by atoms with E-state index < -0.39 is 10.0 Å². The topological polar surface area (TPSA) is 88.2 Å². The molecular formula is C18H21N3O3S. The van der Waals surface area contributed by atoms with E-state index in [9.17, 15) is 13.2 Å². The predicted molar refractivity (Wildman–Crippen MR) is 95.8 cm³/mol. The number of benzene rings is 1. The summed E-state index contributed by atoms with van der Waals surface area (Å²) in [6.07, 6.45) is 6.22. The van der Waals surface area contributed by atoms with Gasteiger partial charge in [0.25, 0.3) is 15.9 Å². The van der Waals surface area contributed by atoms with E-state index in [4.69, 9.17) is 0 Å². The number of nitrogens with one attached hydrogen (secondary N) is 2. The Morgan fingerprint density at radius 3 is 2.48 bits per heavy atom. The summed E-state index contributed by atoms with van der Waals surface area (Å²) in [5.41, 5.74) is 0.900. The summed E-state index contributed by atoms with van der Waals surface area (Å²) in [4.78, 5) is 16.3. The van der Waals surface area contributed by atoms with Crippen LogP contribution in [0.3, 0.4) is 0 Å². The van der Waals surface area contributed by atoms with Crippen molar-refractivity contribution >= 4 is 21.6 Å². The summed E-state index contributed by atoms with van der Waals surface area (Å²) >= 11 is 0. The Labute approximate surface area is 147 Å². The smallest absolute Gasteiger partial charge is 0.258 e. The maximum atomic E-state index is 12.5. The van der Waals surface area contributed by atoms with Crippen LogP contribution in [0.4, 0.5) is 5.69 Å². The van der Waals surface area contributed by atoms with E-state index in [1.54, 1.807) is 12.1 Å². The van der Waals surface area contributed by atoms with Crippen LogP contribution >= 0.6 is 0 Å². The van der Waals surface area contributed by atoms with Gasteiger partial charge in [-0.15, -0.1) is 0 Å². The zero-order valence-electron chi connectivity index (χ0n) is 13.8. The van der Waals surface area contributed by atoms with Crippen LogP contribution in [0.5, 0.6) is 0 Å². The lowest BCUT2D eigenvalue weighted by Crippen LogP contribution is -2.36. The number of hydrogen-bond acceptors (Lipinski definition) is 4. The first-order valence-corrected chi connectivity index (χ1v) is 9.88. The van der Waals surface area contributed by atoms with Gasteiger partial charge in [-0.25, -0.2) is 18.1 Å². The summed E-state index contributed by atoms with van der Waals surface area (Å²) in [5, 5.41) is 2.61. The van der Waals surface area contributed by atoms with Crippen LogP contribution in [0.15, 0.2) is 53.7 Å². The molecule has 1 aromatic carbocycles. The van der Waals surface area contributed by atoms with Crippen LogP contribution in [0.1, 0.15) is 42.5 Å². The zero-order valence-corrected chi connectivity index (χ0v) is 14.6. The van der Waals surface area contributed by atoms with Gasteiger partial charge in [-0.1, -0.05) is 37.5 Å². The van der Waals surface area contributed by atoms with E-state index in [0.717, 1.165) is 32.1 Å². The van der Waals surface area contributed by atoms with Crippen LogP contribution in [-0.4, -0.2) is 25.4 Å². The Bertz CT molecular complexity index is 832. The van der Waals surface area contributed by atoms with E-state index in [-0.39, 0.29) is 22.5 Å². The number of anilines is 1. The van der Waals surface area contributed by atoms with Gasteiger partial charge in [-0.05, 0) is 37.1 Å². The highest BCUT2D eigenvalue weighted by molar-refractivity contribution is 7.89. The molecule has 3 rings (SSSR count). The number of pyridine rings is 1. The molecule has 0 saturated heterocycles. The largest absolute Gasteiger partial charge is 0.322 e. The number of hydrogen-bond donors (Lipinski definition) is 2. The fraction of sp³-hybridized carbons (Fsp3) is 0.333. The lowest BCUT2D eigenvalue weighted by Gasteiger charge is -2.22. The first-order valence-electron chi connectivity index (χ1n) is 8.39. The quantitative estimate of drug-likeness (QED) is 0.859. The number of amides is 1. The lowest BCUT2D eigenvalue weighted by atomic mass is 9.96. The normalized spacial score (nSPS) is 15.7. The first kappa shape index (κ1) is 17.6. The van der Waals surface area contributed by atoms with E-state index >= 15 is 0 Å². The second-order valence-corrected chi connectivity index (χ2v) is 7.82. The molecular weight excluding hydrogens is 338 g/mol. The Morgan fingerprint density at radius 2 is 1.76 bits per heavy atom. The molecule has 1 saturated carbocycles. The van der Waals surface area contributed by atoms with E-state index in [2.05, 4.69) is 15.0 Å². The Hall–Kier alpha value is -2.25. The fourth-order valence-electron chi connectivity index (χ4n) is 2.92. The minimum Gasteiger partial charge on any atom is -0.322 e. The number of carbonyl (C=O) groups is 1. The van der Waals surface area contributed by atoms with Crippen LogP contribution in [-0.2, 0) is 10.0 Å². The Kier molecular flexibility index (Phi) is 5.45. The van der Waals surface area contributed by atoms with E-state index in [0.29, 0.717) is 5.69 Å². The van der Waals surface area contributed by atoms with Crippen LogP contribution in [0, 0.1) is 0 Å². The molecule has 1 amide bonds. The molecule has 132 valence electrons. The highest BCUT2D eigenvalue weighted by atomic mass is 32.2. The molecule has 1 aliphatic rings. The minimum absolute atomic E-state index is 0.0534. The molecule has 2 N–H and O–H groups in total. The third kappa shape index (κ3) is 4.64. The van der Waals surface area contributed by atoms with Gasteiger partial charge in [-0.3, -0.25) is 4.79 Å². The van der Waals surface area contributed by atoms with Crippen molar-refractivity contribution in [3.8, 4) is 0 Å². The van der Waals surface area contributed by atoms with Crippen LogP contribution in [0.2, 0.25) is 0 Å². The van der Waals surface area contributed by atoms with E-state index in [1.807, 2.05) is 18.2 Å². The second kappa shape index (κ2) is 7.76. The SMILES string of the molecule is O=C(Nc1ccccc1)c1ccnc(S(=O)(=O)NC2CCCCC2)c1. The second-order valence-electron chi connectivity index (χ2n) is 6.16. The standard InChI is InChI=1S/C18H21N3O3S/c22-18(20-15-7-3-1-4-8-15)14-11-12-19-17(13-14)25(23,24)21-16-9-5-2-6-10-16/h1,3-4,7-8,11-13,16,21H,2,5-6,9-10H2,(H,20,22). The number of rotatable bonds is 5. The highest BCUT2D eigenvalue weighted by Crippen LogP contribution is 2.20. The van der Waals surface area contributed by atoms with Gasteiger partial charge in [-0.2, -0.15) is 0 Å². The van der Waals surface area contributed by atoms with Gasteiger partial charge in [0.1, 0.15) is 0 Å². The highest BCUT2D eigenvalue weighted by Gasteiger charge is 2.23. The van der Waals surface area contributed by atoms with Crippen molar-refractivity contribution in [1.29, 1.82) is 0 Å². The third-order valence-corrected chi connectivity index (χ3v) is 5.65. The van der Waals surface area contributed by atoms with Crippen molar-refractivity contribution in [3.05, 3.63) is 54.2 Å². The molecule has 0 aliphatic heterocycles. The summed E-state index contributed by atoms with van der Waals surface area (Å²) < 4.78 is 27.8. The average Bonchev–Trinajstić information content (AvgIpc) is 2.63. The zero-order chi connectivity index (χ0) is 17.7. The number of aromatic nitrogens is 1. The van der Waals surface area contributed by atoms with Gasteiger partial charge >= 0.3 is 0 Å². The summed E-state index contributed by atoms with van der Waals surface area (Å²) in [6.45, 7) is 0. The number of nitrogens with zero attached hydrogens (tertiary/aromatic N) is 1. The molecule has 1 fully saturated rings. The minimum atomic E-state index is -3.73. The molecule has 2 aromatic rings. The molecule has 6 nitrogen and oxygen atoms in total. The summed E-state index contributed by atoms with van der Waals surface area (Å²) in [7, 11) is -3.73. The molecule has 0 radical (unpaired) electrons. The first-order chi connectivity index (χ1) is 12.0. The van der Waals surface area contributed by atoms with Crippen molar-refractivity contribution < 1.29 is 13.2 Å². The molecule has 0 unspecified atom stereocenters. The molecule has 1 aromatic heterocycles. The van der Waals surface area contributed by atoms with Gasteiger partial charge in [0, 0.05) is 23.5 Å². The summed E-state index contributed by atoms with van der Waals surface area (Å²) in [6, 6.07) is 11.8.